The highest BCUT2D eigenvalue weighted by molar-refractivity contribution is 6.36. The molecular formula is C16H18ClFN4O3. The highest BCUT2D eigenvalue weighted by atomic mass is 35.5. The number of nitrogens with one attached hydrogen (secondary N) is 1. The van der Waals surface area contributed by atoms with Crippen LogP contribution in [0, 0.1) is 11.3 Å². The van der Waals surface area contributed by atoms with E-state index in [-0.39, 0.29) is 28.9 Å². The van der Waals surface area contributed by atoms with Gasteiger partial charge in [-0.1, -0.05) is 11.6 Å². The molecule has 1 atom stereocenters. The Morgan fingerprint density at radius 3 is 2.76 bits per heavy atom. The van der Waals surface area contributed by atoms with Crippen molar-refractivity contribution in [2.24, 2.45) is 0 Å². The van der Waals surface area contributed by atoms with E-state index in [2.05, 4.69) is 10.2 Å². The molecule has 1 unspecified atom stereocenters. The Hall–Kier alpha value is -2.08. The molecule has 2 aliphatic heterocycles. The normalized spacial score (nSPS) is 22.0. The first-order valence-electron chi connectivity index (χ1n) is 7.92. The summed E-state index contributed by atoms with van der Waals surface area (Å²) in [4.78, 5) is 14.8. The third-order valence-electron chi connectivity index (χ3n) is 4.41. The first kappa shape index (κ1) is 17.7. The van der Waals surface area contributed by atoms with Gasteiger partial charge in [0.15, 0.2) is 0 Å². The molecule has 2 N–H and O–H groups in total. The number of carbonyl (C=O) groups is 1. The largest absolute Gasteiger partial charge is 0.465 e. The molecule has 0 bridgehead atoms. The summed E-state index contributed by atoms with van der Waals surface area (Å²) in [6, 6.07) is 5.14. The van der Waals surface area contributed by atoms with Crippen LogP contribution in [0.25, 0.3) is 0 Å². The summed E-state index contributed by atoms with van der Waals surface area (Å²) in [6.45, 7) is 2.85. The molecule has 2 fully saturated rings. The van der Waals surface area contributed by atoms with E-state index in [4.69, 9.17) is 21.4 Å². The van der Waals surface area contributed by atoms with Gasteiger partial charge in [0.2, 0.25) is 0 Å². The molecule has 9 heteroatoms. The van der Waals surface area contributed by atoms with Gasteiger partial charge < -0.3 is 14.7 Å². The molecule has 0 saturated carbocycles. The Morgan fingerprint density at radius 2 is 2.16 bits per heavy atom. The first-order chi connectivity index (χ1) is 12.0. The molecule has 0 spiro atoms. The molecular weight excluding hydrogens is 351 g/mol. The van der Waals surface area contributed by atoms with Crippen molar-refractivity contribution in [2.75, 3.05) is 49.6 Å². The number of nitriles is 1. The van der Waals surface area contributed by atoms with Gasteiger partial charge >= 0.3 is 6.09 Å². The van der Waals surface area contributed by atoms with E-state index in [1.54, 1.807) is 11.0 Å². The molecule has 0 aliphatic carbocycles. The third kappa shape index (κ3) is 3.95. The van der Waals surface area contributed by atoms with Crippen molar-refractivity contribution in [2.45, 2.75) is 12.2 Å². The lowest BCUT2D eigenvalue weighted by atomic mass is 10.1. The minimum atomic E-state index is -1.28. The number of alkyl halides is 1. The second-order valence-corrected chi connectivity index (χ2v) is 6.51. The monoisotopic (exact) mass is 368 g/mol. The molecule has 2 saturated heterocycles. The van der Waals surface area contributed by atoms with Crippen molar-refractivity contribution >= 4 is 29.1 Å². The first-order valence-corrected chi connectivity index (χ1v) is 8.30. The van der Waals surface area contributed by atoms with Crippen molar-refractivity contribution < 1.29 is 19.0 Å². The highest BCUT2D eigenvalue weighted by Gasteiger charge is 2.32. The highest BCUT2D eigenvalue weighted by Crippen LogP contribution is 2.35. The third-order valence-corrected chi connectivity index (χ3v) is 4.81. The number of nitrogens with zero attached hydrogens (tertiary/aromatic N) is 3. The molecule has 134 valence electrons. The van der Waals surface area contributed by atoms with Gasteiger partial charge in [-0.15, -0.1) is 0 Å². The van der Waals surface area contributed by atoms with E-state index >= 15 is 0 Å². The molecule has 25 heavy (non-hydrogen) atoms. The second kappa shape index (κ2) is 7.44. The number of carboxylic acid groups (broad SMARTS) is 1. The summed E-state index contributed by atoms with van der Waals surface area (Å²) in [5.41, 5.74) is 0.831. The standard InChI is InChI=1S/C16H18ClFN4O3/c17-15-13(20-16(23)24)3-10(5-19)4-14(15)22-2-1-21(6-11(18)7-22)12-8-25-9-12/h3-4,11-12,20H,1-2,6-9H2,(H,23,24). The van der Waals surface area contributed by atoms with Crippen molar-refractivity contribution in [3.05, 3.63) is 22.7 Å². The molecule has 2 heterocycles. The van der Waals surface area contributed by atoms with Gasteiger partial charge in [-0.3, -0.25) is 10.2 Å². The number of halogens is 2. The molecule has 0 radical (unpaired) electrons. The molecule has 0 aromatic heterocycles. The van der Waals surface area contributed by atoms with E-state index in [0.29, 0.717) is 38.5 Å². The topological polar surface area (TPSA) is 88.8 Å². The van der Waals surface area contributed by atoms with Crippen LogP contribution in [-0.4, -0.2) is 67.7 Å². The molecule has 1 amide bonds. The molecule has 1 aromatic carbocycles. The maximum absolute atomic E-state index is 14.4. The Balaban J connectivity index is 1.86. The average molecular weight is 369 g/mol. The zero-order valence-electron chi connectivity index (χ0n) is 13.4. The van der Waals surface area contributed by atoms with Crippen LogP contribution in [0.5, 0.6) is 0 Å². The van der Waals surface area contributed by atoms with Crippen LogP contribution in [0.3, 0.4) is 0 Å². The Kier molecular flexibility index (Phi) is 5.27. The van der Waals surface area contributed by atoms with Gasteiger partial charge in [0, 0.05) is 19.6 Å². The quantitative estimate of drug-likeness (QED) is 0.850. The Labute approximate surface area is 149 Å². The average Bonchev–Trinajstić information content (AvgIpc) is 2.69. The van der Waals surface area contributed by atoms with Gasteiger partial charge in [0.1, 0.15) is 6.17 Å². The summed E-state index contributed by atoms with van der Waals surface area (Å²) in [5, 5.41) is 20.5. The lowest BCUT2D eigenvalue weighted by molar-refractivity contribution is -0.0668. The number of amides is 1. The zero-order chi connectivity index (χ0) is 18.0. The van der Waals surface area contributed by atoms with Crippen LogP contribution in [0.15, 0.2) is 12.1 Å². The fourth-order valence-electron chi connectivity index (χ4n) is 3.08. The summed E-state index contributed by atoms with van der Waals surface area (Å²) < 4.78 is 19.6. The zero-order valence-corrected chi connectivity index (χ0v) is 14.2. The second-order valence-electron chi connectivity index (χ2n) is 6.13. The summed E-state index contributed by atoms with van der Waals surface area (Å²) in [6.07, 6.45) is -2.36. The van der Waals surface area contributed by atoms with Gasteiger partial charge in [0.25, 0.3) is 0 Å². The van der Waals surface area contributed by atoms with Crippen LogP contribution < -0.4 is 10.2 Å². The van der Waals surface area contributed by atoms with Crippen LogP contribution in [0.1, 0.15) is 5.56 Å². The van der Waals surface area contributed by atoms with Gasteiger partial charge in [0.05, 0.1) is 53.8 Å². The molecule has 2 aliphatic rings. The summed E-state index contributed by atoms with van der Waals surface area (Å²) >= 11 is 6.32. The number of anilines is 2. The predicted molar refractivity (Wildman–Crippen MR) is 91.1 cm³/mol. The van der Waals surface area contributed by atoms with Crippen molar-refractivity contribution in [3.8, 4) is 6.07 Å². The number of hydrogen-bond acceptors (Lipinski definition) is 5. The van der Waals surface area contributed by atoms with Gasteiger partial charge in [-0.25, -0.2) is 9.18 Å². The number of ether oxygens (including phenoxy) is 1. The predicted octanol–water partition coefficient (Wildman–Crippen LogP) is 2.16. The lowest BCUT2D eigenvalue weighted by Crippen LogP contribution is -2.51. The lowest BCUT2D eigenvalue weighted by Gasteiger charge is -2.36. The van der Waals surface area contributed by atoms with Crippen LogP contribution in [0.4, 0.5) is 20.6 Å². The fourth-order valence-corrected chi connectivity index (χ4v) is 3.35. The van der Waals surface area contributed by atoms with E-state index < -0.39 is 12.3 Å². The number of benzene rings is 1. The minimum absolute atomic E-state index is 0.118. The maximum atomic E-state index is 14.4. The molecule has 7 nitrogen and oxygen atoms in total. The number of rotatable bonds is 3. The van der Waals surface area contributed by atoms with Gasteiger partial charge in [-0.2, -0.15) is 5.26 Å². The van der Waals surface area contributed by atoms with Crippen molar-refractivity contribution in [1.29, 1.82) is 5.26 Å². The fraction of sp³-hybridized carbons (Fsp3) is 0.500. The Morgan fingerprint density at radius 1 is 1.40 bits per heavy atom. The summed E-state index contributed by atoms with van der Waals surface area (Å²) in [5.74, 6) is 0. The Bertz CT molecular complexity index is 707. The maximum Gasteiger partial charge on any atom is 0.409 e. The van der Waals surface area contributed by atoms with E-state index in [1.807, 2.05) is 6.07 Å². The van der Waals surface area contributed by atoms with Crippen LogP contribution >= 0.6 is 11.6 Å². The minimum Gasteiger partial charge on any atom is -0.465 e. The number of hydrogen-bond donors (Lipinski definition) is 2. The van der Waals surface area contributed by atoms with Crippen molar-refractivity contribution in [3.63, 3.8) is 0 Å². The smallest absolute Gasteiger partial charge is 0.409 e. The van der Waals surface area contributed by atoms with Crippen LogP contribution in [0.2, 0.25) is 5.02 Å². The van der Waals surface area contributed by atoms with E-state index in [0.717, 1.165) is 0 Å². The SMILES string of the molecule is N#Cc1cc(NC(=O)O)c(Cl)c(N2CCN(C3COC3)CC(F)C2)c1. The van der Waals surface area contributed by atoms with E-state index in [1.165, 1.54) is 6.07 Å². The van der Waals surface area contributed by atoms with Crippen LogP contribution in [-0.2, 0) is 4.74 Å². The van der Waals surface area contributed by atoms with Gasteiger partial charge in [-0.05, 0) is 12.1 Å². The molecule has 3 rings (SSSR count). The van der Waals surface area contributed by atoms with Crippen molar-refractivity contribution in [1.82, 2.24) is 4.90 Å². The summed E-state index contributed by atoms with van der Waals surface area (Å²) in [7, 11) is 0. The van der Waals surface area contributed by atoms with E-state index in [9.17, 15) is 14.4 Å². The molecule has 1 aromatic rings.